The van der Waals surface area contributed by atoms with Crippen LogP contribution in [0.5, 0.6) is 0 Å². The highest BCUT2D eigenvalue weighted by atomic mass is 19.1. The average molecular weight is 488 g/mol. The molecule has 36 heavy (non-hydrogen) atoms. The van der Waals surface area contributed by atoms with Gasteiger partial charge in [-0.25, -0.2) is 14.4 Å². The summed E-state index contributed by atoms with van der Waals surface area (Å²) in [7, 11) is 0. The predicted molar refractivity (Wildman–Crippen MR) is 133 cm³/mol. The number of rotatable bonds is 8. The number of carbonyl (C=O) groups is 1. The molecule has 0 aliphatic carbocycles. The number of fused-ring (bicyclic) bond motifs is 1. The molecule has 1 atom stereocenters. The Bertz CT molecular complexity index is 1440. The van der Waals surface area contributed by atoms with Gasteiger partial charge in [0.2, 0.25) is 0 Å². The molecule has 9 nitrogen and oxygen atoms in total. The molecule has 0 unspecified atom stereocenters. The second-order valence-electron chi connectivity index (χ2n) is 9.02. The molecule has 0 fully saturated rings. The second-order valence-corrected chi connectivity index (χ2v) is 9.02. The highest BCUT2D eigenvalue weighted by Crippen LogP contribution is 2.23. The molecule has 0 aliphatic heterocycles. The van der Waals surface area contributed by atoms with Crippen molar-refractivity contribution >= 4 is 22.6 Å². The number of amides is 1. The third-order valence-corrected chi connectivity index (χ3v) is 5.70. The number of halogens is 1. The number of aliphatic hydroxyl groups is 1. The lowest BCUT2D eigenvalue weighted by atomic mass is 10.0. The first kappa shape index (κ1) is 24.8. The van der Waals surface area contributed by atoms with Gasteiger partial charge in [-0.05, 0) is 44.5 Å². The lowest BCUT2D eigenvalue weighted by molar-refractivity contribution is -0.00177. The number of nitrogens with one attached hydrogen (secondary N) is 2. The highest BCUT2D eigenvalue weighted by molar-refractivity contribution is 5.99. The topological polar surface area (TPSA) is 129 Å². The summed E-state index contributed by atoms with van der Waals surface area (Å²) in [4.78, 5) is 26.0. The zero-order chi connectivity index (χ0) is 25.9. The summed E-state index contributed by atoms with van der Waals surface area (Å²) in [6, 6.07) is 11.2. The van der Waals surface area contributed by atoms with Gasteiger partial charge in [0.05, 0.1) is 29.0 Å². The Balaban J connectivity index is 1.66. The number of nitriles is 1. The molecule has 184 valence electrons. The van der Waals surface area contributed by atoms with Crippen molar-refractivity contribution in [3.8, 4) is 11.9 Å². The van der Waals surface area contributed by atoms with Crippen molar-refractivity contribution in [2.45, 2.75) is 39.1 Å². The van der Waals surface area contributed by atoms with Crippen molar-refractivity contribution in [3.05, 3.63) is 77.5 Å². The Morgan fingerprint density at radius 1 is 1.19 bits per heavy atom. The molecule has 4 heterocycles. The molecule has 4 rings (SSSR count). The molecule has 0 aliphatic rings. The molecular formula is C26H26FN7O2. The monoisotopic (exact) mass is 487 g/mol. The first-order valence-electron chi connectivity index (χ1n) is 11.3. The van der Waals surface area contributed by atoms with Gasteiger partial charge in [-0.15, -0.1) is 0 Å². The molecular weight excluding hydrogens is 461 g/mol. The number of anilines is 1. The Morgan fingerprint density at radius 2 is 2.00 bits per heavy atom. The van der Waals surface area contributed by atoms with Crippen molar-refractivity contribution in [2.24, 2.45) is 0 Å². The molecule has 0 bridgehead atoms. The van der Waals surface area contributed by atoms with E-state index in [0.717, 1.165) is 16.6 Å². The van der Waals surface area contributed by atoms with Crippen molar-refractivity contribution in [1.82, 2.24) is 24.8 Å². The van der Waals surface area contributed by atoms with E-state index < -0.39 is 17.7 Å². The summed E-state index contributed by atoms with van der Waals surface area (Å²) in [5.41, 5.74) is 1.98. The van der Waals surface area contributed by atoms with E-state index in [1.165, 1.54) is 26.2 Å². The van der Waals surface area contributed by atoms with E-state index in [9.17, 15) is 14.3 Å². The molecule has 4 aromatic rings. The molecule has 4 aromatic heterocycles. The normalized spacial score (nSPS) is 12.2. The Morgan fingerprint density at radius 3 is 2.69 bits per heavy atom. The molecule has 0 saturated carbocycles. The van der Waals surface area contributed by atoms with Crippen LogP contribution in [0.2, 0.25) is 0 Å². The number of aryl methyl sites for hydroxylation is 1. The summed E-state index contributed by atoms with van der Waals surface area (Å²) in [6.07, 6.45) is 4.79. The standard InChI is InChI=1S/C26H26FN7O2/c1-16-4-5-17(11-29-16)12-30-21-9-23(34-7-6-19-8-18(10-28)13-32-24(19)34)31-14-20(21)25(35)33-15-22(27)26(2,3)36/h4-9,11,13-14,22,36H,12,15H2,1-3H3,(H,30,31)(H,33,35)/t22-/m1/s1. The highest BCUT2D eigenvalue weighted by Gasteiger charge is 2.27. The van der Waals surface area contributed by atoms with Gasteiger partial charge in [-0.2, -0.15) is 5.26 Å². The van der Waals surface area contributed by atoms with Crippen LogP contribution in [0, 0.1) is 18.3 Å². The van der Waals surface area contributed by atoms with E-state index in [-0.39, 0.29) is 12.1 Å². The number of aromatic nitrogens is 4. The van der Waals surface area contributed by atoms with Crippen molar-refractivity contribution in [2.75, 3.05) is 11.9 Å². The summed E-state index contributed by atoms with van der Waals surface area (Å²) >= 11 is 0. The zero-order valence-electron chi connectivity index (χ0n) is 20.2. The maximum Gasteiger partial charge on any atom is 0.255 e. The number of hydrogen-bond donors (Lipinski definition) is 3. The molecule has 0 spiro atoms. The van der Waals surface area contributed by atoms with Gasteiger partial charge in [0.25, 0.3) is 5.91 Å². The molecule has 0 radical (unpaired) electrons. The van der Waals surface area contributed by atoms with Crippen LogP contribution in [0.3, 0.4) is 0 Å². The number of pyridine rings is 3. The number of nitrogens with zero attached hydrogens (tertiary/aromatic N) is 5. The van der Waals surface area contributed by atoms with Crippen LogP contribution in [0.25, 0.3) is 16.9 Å². The van der Waals surface area contributed by atoms with Gasteiger partial charge < -0.3 is 15.7 Å². The first-order chi connectivity index (χ1) is 17.2. The third-order valence-electron chi connectivity index (χ3n) is 5.70. The molecule has 1 amide bonds. The van der Waals surface area contributed by atoms with Crippen molar-refractivity contribution in [1.29, 1.82) is 5.26 Å². The van der Waals surface area contributed by atoms with E-state index in [1.54, 1.807) is 29.1 Å². The van der Waals surface area contributed by atoms with Crippen LogP contribution in [0.4, 0.5) is 10.1 Å². The minimum absolute atomic E-state index is 0.220. The van der Waals surface area contributed by atoms with Gasteiger partial charge in [-0.3, -0.25) is 14.3 Å². The van der Waals surface area contributed by atoms with Gasteiger partial charge in [-0.1, -0.05) is 6.07 Å². The number of hydrogen-bond acceptors (Lipinski definition) is 7. The van der Waals surface area contributed by atoms with Crippen LogP contribution >= 0.6 is 0 Å². The molecule has 0 aromatic carbocycles. The van der Waals surface area contributed by atoms with E-state index in [0.29, 0.717) is 29.3 Å². The zero-order valence-corrected chi connectivity index (χ0v) is 20.2. The Kier molecular flexibility index (Phi) is 6.94. The third kappa shape index (κ3) is 5.47. The fourth-order valence-corrected chi connectivity index (χ4v) is 3.50. The van der Waals surface area contributed by atoms with E-state index >= 15 is 0 Å². The molecule has 10 heteroatoms. The predicted octanol–water partition coefficient (Wildman–Crippen LogP) is 3.45. The van der Waals surface area contributed by atoms with E-state index in [2.05, 4.69) is 31.7 Å². The maximum absolute atomic E-state index is 14.2. The first-order valence-corrected chi connectivity index (χ1v) is 11.3. The summed E-state index contributed by atoms with van der Waals surface area (Å²) in [5.74, 6) is -0.0252. The SMILES string of the molecule is Cc1ccc(CNc2cc(-n3ccc4cc(C#N)cnc43)ncc2C(=O)NC[C@@H](F)C(C)(C)O)cn1. The number of carbonyl (C=O) groups excluding carboxylic acids is 1. The van der Waals surface area contributed by atoms with Crippen LogP contribution in [0.15, 0.2) is 55.1 Å². The van der Waals surface area contributed by atoms with Crippen molar-refractivity contribution in [3.63, 3.8) is 0 Å². The summed E-state index contributed by atoms with van der Waals surface area (Å²) < 4.78 is 16.0. The molecule has 0 saturated heterocycles. The van der Waals surface area contributed by atoms with Crippen LogP contribution < -0.4 is 10.6 Å². The minimum Gasteiger partial charge on any atom is -0.387 e. The maximum atomic E-state index is 14.2. The second kappa shape index (κ2) is 10.1. The smallest absolute Gasteiger partial charge is 0.255 e. The van der Waals surface area contributed by atoms with Gasteiger partial charge in [0.1, 0.15) is 23.7 Å². The van der Waals surface area contributed by atoms with Crippen LogP contribution in [-0.4, -0.2) is 48.9 Å². The van der Waals surface area contributed by atoms with Crippen LogP contribution in [-0.2, 0) is 6.54 Å². The Hall–Kier alpha value is -4.36. The summed E-state index contributed by atoms with van der Waals surface area (Å²) in [5, 5.41) is 25.5. The fraction of sp³-hybridized carbons (Fsp3) is 0.269. The lowest BCUT2D eigenvalue weighted by Crippen LogP contribution is -2.42. The average Bonchev–Trinajstić information content (AvgIpc) is 3.29. The largest absolute Gasteiger partial charge is 0.387 e. The quantitative estimate of drug-likeness (QED) is 0.347. The molecule has 3 N–H and O–H groups in total. The lowest BCUT2D eigenvalue weighted by Gasteiger charge is -2.22. The van der Waals surface area contributed by atoms with Gasteiger partial charge >= 0.3 is 0 Å². The summed E-state index contributed by atoms with van der Waals surface area (Å²) in [6.45, 7) is 4.63. The fourth-order valence-electron chi connectivity index (χ4n) is 3.50. The Labute approximate surface area is 207 Å². The minimum atomic E-state index is -1.64. The van der Waals surface area contributed by atoms with E-state index in [1.807, 2.05) is 25.1 Å². The van der Waals surface area contributed by atoms with E-state index in [4.69, 9.17) is 5.26 Å². The van der Waals surface area contributed by atoms with Gasteiger partial charge in [0, 0.05) is 48.5 Å². The van der Waals surface area contributed by atoms with Crippen molar-refractivity contribution < 1.29 is 14.3 Å². The number of alkyl halides is 1. The van der Waals surface area contributed by atoms with Gasteiger partial charge in [0.15, 0.2) is 0 Å². The van der Waals surface area contributed by atoms with Crippen LogP contribution in [0.1, 0.15) is 41.0 Å².